The van der Waals surface area contributed by atoms with Crippen molar-refractivity contribution >= 4 is 11.3 Å². The van der Waals surface area contributed by atoms with E-state index in [0.29, 0.717) is 16.2 Å². The van der Waals surface area contributed by atoms with Crippen molar-refractivity contribution in [1.29, 1.82) is 0 Å². The number of aryl methyl sites for hydroxylation is 2. The minimum absolute atomic E-state index is 0.112. The molecule has 0 radical (unpaired) electrons. The molecule has 1 aromatic heterocycles. The van der Waals surface area contributed by atoms with Gasteiger partial charge in [-0.05, 0) is 32.4 Å². The molecule has 2 aromatic rings. The fourth-order valence-corrected chi connectivity index (χ4v) is 3.11. The van der Waals surface area contributed by atoms with Crippen molar-refractivity contribution in [3.63, 3.8) is 0 Å². The zero-order chi connectivity index (χ0) is 15.5. The van der Waals surface area contributed by atoms with Crippen LogP contribution in [-0.4, -0.2) is 12.0 Å². The molecule has 0 bridgehead atoms. The molecular formula is C15H17F3N2S. The zero-order valence-electron chi connectivity index (χ0n) is 11.9. The van der Waals surface area contributed by atoms with Gasteiger partial charge in [0.15, 0.2) is 5.01 Å². The molecule has 0 spiro atoms. The average Bonchev–Trinajstić information content (AvgIpc) is 2.89. The van der Waals surface area contributed by atoms with Crippen LogP contribution < -0.4 is 5.32 Å². The van der Waals surface area contributed by atoms with Crippen molar-refractivity contribution in [1.82, 2.24) is 10.3 Å². The molecule has 1 unspecified atom stereocenters. The molecule has 0 saturated heterocycles. The summed E-state index contributed by atoms with van der Waals surface area (Å²) < 4.78 is 37.8. The van der Waals surface area contributed by atoms with Gasteiger partial charge in [0, 0.05) is 17.1 Å². The first-order valence-corrected chi connectivity index (χ1v) is 7.47. The first kappa shape index (κ1) is 16.0. The number of alkyl halides is 3. The number of benzene rings is 1. The van der Waals surface area contributed by atoms with Gasteiger partial charge in [-0.15, -0.1) is 11.3 Å². The summed E-state index contributed by atoms with van der Waals surface area (Å²) in [7, 11) is 1.76. The summed E-state index contributed by atoms with van der Waals surface area (Å²) in [6.45, 7) is 2.03. The lowest BCUT2D eigenvalue weighted by atomic mass is 10.0. The fraction of sp³-hybridized carbons (Fsp3) is 0.400. The number of nitrogens with one attached hydrogen (secondary N) is 1. The van der Waals surface area contributed by atoms with E-state index in [1.807, 2.05) is 25.1 Å². The smallest absolute Gasteiger partial charge is 0.312 e. The predicted molar refractivity (Wildman–Crippen MR) is 78.4 cm³/mol. The Morgan fingerprint density at radius 2 is 2.10 bits per heavy atom. The molecule has 1 atom stereocenters. The second kappa shape index (κ2) is 6.58. The van der Waals surface area contributed by atoms with Crippen molar-refractivity contribution in [2.75, 3.05) is 7.05 Å². The van der Waals surface area contributed by atoms with Crippen molar-refractivity contribution in [2.45, 2.75) is 32.0 Å². The van der Waals surface area contributed by atoms with Crippen LogP contribution >= 0.6 is 11.3 Å². The molecular weight excluding hydrogens is 297 g/mol. The molecule has 2 rings (SSSR count). The van der Waals surface area contributed by atoms with Gasteiger partial charge in [0.1, 0.15) is 0 Å². The Morgan fingerprint density at radius 3 is 2.67 bits per heavy atom. The maximum Gasteiger partial charge on any atom is 0.443 e. The van der Waals surface area contributed by atoms with Gasteiger partial charge < -0.3 is 5.32 Å². The van der Waals surface area contributed by atoms with E-state index in [2.05, 4.69) is 16.4 Å². The fourth-order valence-electron chi connectivity index (χ4n) is 2.19. The molecule has 6 heteroatoms. The number of hydrogen-bond acceptors (Lipinski definition) is 3. The van der Waals surface area contributed by atoms with Crippen molar-refractivity contribution < 1.29 is 13.2 Å². The van der Waals surface area contributed by atoms with E-state index in [1.54, 1.807) is 7.05 Å². The number of halogens is 3. The third-order valence-corrected chi connectivity index (χ3v) is 4.42. The summed E-state index contributed by atoms with van der Waals surface area (Å²) in [6, 6.07) is 8.04. The number of rotatable bonds is 5. The van der Waals surface area contributed by atoms with Gasteiger partial charge >= 0.3 is 6.18 Å². The monoisotopic (exact) mass is 314 g/mol. The standard InChI is InChI=1S/C15H17F3N2S/c1-10-4-3-5-11(8-10)6-7-12(19-2)13-9-20-14(21-13)15(16,17)18/h3-5,8-9,12,19H,6-7H2,1-2H3. The lowest BCUT2D eigenvalue weighted by Gasteiger charge is -2.14. The van der Waals surface area contributed by atoms with Gasteiger partial charge in [-0.1, -0.05) is 29.8 Å². The number of aromatic nitrogens is 1. The summed E-state index contributed by atoms with van der Waals surface area (Å²) in [5.41, 5.74) is 2.38. The van der Waals surface area contributed by atoms with Crippen LogP contribution in [0.4, 0.5) is 13.2 Å². The Kier molecular flexibility index (Phi) is 5.00. The van der Waals surface area contributed by atoms with E-state index in [0.717, 1.165) is 12.8 Å². The van der Waals surface area contributed by atoms with Crippen LogP contribution in [0.3, 0.4) is 0 Å². The maximum absolute atomic E-state index is 12.6. The molecule has 0 saturated carbocycles. The van der Waals surface area contributed by atoms with E-state index < -0.39 is 11.2 Å². The summed E-state index contributed by atoms with van der Waals surface area (Å²) in [4.78, 5) is 4.10. The van der Waals surface area contributed by atoms with Crippen LogP contribution in [0, 0.1) is 6.92 Å². The van der Waals surface area contributed by atoms with Crippen LogP contribution in [0.5, 0.6) is 0 Å². The van der Waals surface area contributed by atoms with Gasteiger partial charge in [0.25, 0.3) is 0 Å². The Labute approximate surface area is 126 Å². The molecule has 2 nitrogen and oxygen atoms in total. The molecule has 1 heterocycles. The second-order valence-electron chi connectivity index (χ2n) is 4.93. The van der Waals surface area contributed by atoms with E-state index >= 15 is 0 Å². The summed E-state index contributed by atoms with van der Waals surface area (Å²) in [5, 5.41) is 2.29. The van der Waals surface area contributed by atoms with Crippen LogP contribution in [0.2, 0.25) is 0 Å². The third-order valence-electron chi connectivity index (χ3n) is 3.26. The van der Waals surface area contributed by atoms with Crippen molar-refractivity contribution in [2.24, 2.45) is 0 Å². The van der Waals surface area contributed by atoms with E-state index in [9.17, 15) is 13.2 Å². The summed E-state index contributed by atoms with van der Waals surface area (Å²) in [5.74, 6) is 0. The third kappa shape index (κ3) is 4.28. The van der Waals surface area contributed by atoms with E-state index in [-0.39, 0.29) is 6.04 Å². The molecule has 0 aliphatic carbocycles. The topological polar surface area (TPSA) is 24.9 Å². The first-order chi connectivity index (χ1) is 9.90. The van der Waals surface area contributed by atoms with Gasteiger partial charge in [-0.3, -0.25) is 0 Å². The average molecular weight is 314 g/mol. The molecule has 1 aromatic carbocycles. The highest BCUT2D eigenvalue weighted by Crippen LogP contribution is 2.35. The number of thiazole rings is 1. The quantitative estimate of drug-likeness (QED) is 0.887. The Balaban J connectivity index is 2.05. The lowest BCUT2D eigenvalue weighted by molar-refractivity contribution is -0.137. The zero-order valence-corrected chi connectivity index (χ0v) is 12.7. The maximum atomic E-state index is 12.6. The lowest BCUT2D eigenvalue weighted by Crippen LogP contribution is -2.16. The molecule has 21 heavy (non-hydrogen) atoms. The van der Waals surface area contributed by atoms with E-state index in [4.69, 9.17) is 0 Å². The molecule has 0 aliphatic heterocycles. The molecule has 114 valence electrons. The van der Waals surface area contributed by atoms with Crippen LogP contribution in [0.25, 0.3) is 0 Å². The predicted octanol–water partition coefficient (Wildman–Crippen LogP) is 4.36. The van der Waals surface area contributed by atoms with Crippen LogP contribution in [-0.2, 0) is 12.6 Å². The molecule has 1 N–H and O–H groups in total. The van der Waals surface area contributed by atoms with Crippen LogP contribution in [0.15, 0.2) is 30.5 Å². The molecule has 0 aliphatic rings. The Hall–Kier alpha value is -1.40. The van der Waals surface area contributed by atoms with Gasteiger partial charge in [-0.25, -0.2) is 4.98 Å². The Bertz CT molecular complexity index is 593. The van der Waals surface area contributed by atoms with E-state index in [1.165, 1.54) is 17.3 Å². The summed E-state index contributed by atoms with van der Waals surface area (Å²) >= 11 is 0.712. The van der Waals surface area contributed by atoms with Gasteiger partial charge in [0.2, 0.25) is 0 Å². The second-order valence-corrected chi connectivity index (χ2v) is 6.00. The SMILES string of the molecule is CNC(CCc1cccc(C)c1)c1cnc(C(F)(F)F)s1. The van der Waals surface area contributed by atoms with Crippen LogP contribution in [0.1, 0.15) is 33.5 Å². The first-order valence-electron chi connectivity index (χ1n) is 6.66. The minimum atomic E-state index is -4.36. The normalized spacial score (nSPS) is 13.4. The highest BCUT2D eigenvalue weighted by atomic mass is 32.1. The largest absolute Gasteiger partial charge is 0.443 e. The number of hydrogen-bond donors (Lipinski definition) is 1. The highest BCUT2D eigenvalue weighted by molar-refractivity contribution is 7.11. The highest BCUT2D eigenvalue weighted by Gasteiger charge is 2.35. The molecule has 0 amide bonds. The van der Waals surface area contributed by atoms with Crippen molar-refractivity contribution in [3.05, 3.63) is 51.5 Å². The Morgan fingerprint density at radius 1 is 1.33 bits per heavy atom. The van der Waals surface area contributed by atoms with Crippen molar-refractivity contribution in [3.8, 4) is 0 Å². The summed E-state index contributed by atoms with van der Waals surface area (Å²) in [6.07, 6.45) is -1.49. The molecule has 0 fully saturated rings. The van der Waals surface area contributed by atoms with Gasteiger partial charge in [0.05, 0.1) is 0 Å². The number of nitrogens with zero attached hydrogens (tertiary/aromatic N) is 1. The van der Waals surface area contributed by atoms with Gasteiger partial charge in [-0.2, -0.15) is 13.2 Å². The minimum Gasteiger partial charge on any atom is -0.312 e.